The van der Waals surface area contributed by atoms with Crippen molar-refractivity contribution in [2.75, 3.05) is 0 Å². The summed E-state index contributed by atoms with van der Waals surface area (Å²) in [4.78, 5) is 11.6. The van der Waals surface area contributed by atoms with Gasteiger partial charge < -0.3 is 5.32 Å². The van der Waals surface area contributed by atoms with E-state index in [4.69, 9.17) is 0 Å². The Hall–Kier alpha value is -2.35. The molecule has 1 N–H and O–H groups in total. The van der Waals surface area contributed by atoms with Crippen molar-refractivity contribution in [1.82, 2.24) is 5.32 Å². The summed E-state index contributed by atoms with van der Waals surface area (Å²) in [6, 6.07) is 20.2. The number of hydrogen-bond acceptors (Lipinski definition) is 1. The van der Waals surface area contributed by atoms with Crippen molar-refractivity contribution in [2.24, 2.45) is 0 Å². The minimum atomic E-state index is -0.0910. The molecule has 0 saturated heterocycles. The topological polar surface area (TPSA) is 29.1 Å². The molecule has 0 aliphatic heterocycles. The zero-order chi connectivity index (χ0) is 12.6. The molecule has 0 aliphatic carbocycles. The van der Waals surface area contributed by atoms with Gasteiger partial charge in [0.25, 0.3) is 0 Å². The first-order valence-electron chi connectivity index (χ1n) is 5.80. The molecule has 2 rings (SSSR count). The molecular formula is C16H14NO. The van der Waals surface area contributed by atoms with Gasteiger partial charge in [-0.15, -0.1) is 0 Å². The highest BCUT2D eigenvalue weighted by atomic mass is 16.1. The molecule has 0 spiro atoms. The fourth-order valence-corrected chi connectivity index (χ4v) is 1.52. The van der Waals surface area contributed by atoms with Crippen LogP contribution >= 0.6 is 0 Å². The van der Waals surface area contributed by atoms with E-state index in [1.54, 1.807) is 12.2 Å². The third kappa shape index (κ3) is 3.91. The van der Waals surface area contributed by atoms with Crippen LogP contribution < -0.4 is 5.32 Å². The van der Waals surface area contributed by atoms with Gasteiger partial charge >= 0.3 is 0 Å². The lowest BCUT2D eigenvalue weighted by Gasteiger charge is -2.01. The zero-order valence-electron chi connectivity index (χ0n) is 9.97. The van der Waals surface area contributed by atoms with E-state index >= 15 is 0 Å². The van der Waals surface area contributed by atoms with Crippen LogP contribution in [0.15, 0.2) is 60.7 Å². The maximum atomic E-state index is 11.6. The van der Waals surface area contributed by atoms with Crippen molar-refractivity contribution in [1.29, 1.82) is 0 Å². The van der Waals surface area contributed by atoms with Gasteiger partial charge in [0, 0.05) is 12.6 Å². The van der Waals surface area contributed by atoms with Gasteiger partial charge in [0.1, 0.15) is 0 Å². The maximum Gasteiger partial charge on any atom is 0.244 e. The van der Waals surface area contributed by atoms with Crippen LogP contribution in [-0.2, 0) is 11.3 Å². The molecule has 0 unspecified atom stereocenters. The number of carbonyl (C=O) groups excluding carboxylic acids is 1. The summed E-state index contributed by atoms with van der Waals surface area (Å²) >= 11 is 0. The first kappa shape index (κ1) is 12.1. The van der Waals surface area contributed by atoms with Gasteiger partial charge in [0.15, 0.2) is 0 Å². The first-order valence-corrected chi connectivity index (χ1v) is 5.80. The van der Waals surface area contributed by atoms with Crippen LogP contribution in [0.1, 0.15) is 11.1 Å². The highest BCUT2D eigenvalue weighted by Crippen LogP contribution is 2.01. The molecule has 18 heavy (non-hydrogen) atoms. The number of carbonyl (C=O) groups is 1. The lowest BCUT2D eigenvalue weighted by atomic mass is 10.2. The van der Waals surface area contributed by atoms with Crippen LogP contribution in [-0.4, -0.2) is 5.91 Å². The Morgan fingerprint density at radius 2 is 1.83 bits per heavy atom. The smallest absolute Gasteiger partial charge is 0.244 e. The van der Waals surface area contributed by atoms with E-state index in [1.807, 2.05) is 54.6 Å². The molecule has 2 nitrogen and oxygen atoms in total. The molecule has 0 atom stereocenters. The zero-order valence-corrected chi connectivity index (χ0v) is 9.97. The Balaban J connectivity index is 1.84. The molecule has 2 aromatic rings. The van der Waals surface area contributed by atoms with Gasteiger partial charge in [-0.05, 0) is 23.3 Å². The molecule has 0 heterocycles. The van der Waals surface area contributed by atoms with Crippen molar-refractivity contribution in [3.63, 3.8) is 0 Å². The van der Waals surface area contributed by atoms with E-state index in [0.717, 1.165) is 11.1 Å². The number of hydrogen-bond donors (Lipinski definition) is 1. The standard InChI is InChI=1S/C16H14NO/c18-16(12-11-14-7-3-1-4-8-14)17-13-15-9-5-2-6-10-15/h1,3-12H,13H2,(H,17,18)/b12-11+. The van der Waals surface area contributed by atoms with Crippen LogP contribution in [0.4, 0.5) is 0 Å². The normalized spacial score (nSPS) is 10.4. The molecule has 0 aromatic heterocycles. The molecule has 0 saturated carbocycles. The minimum absolute atomic E-state index is 0.0910. The average molecular weight is 236 g/mol. The van der Waals surface area contributed by atoms with Crippen molar-refractivity contribution >= 4 is 12.0 Å². The lowest BCUT2D eigenvalue weighted by molar-refractivity contribution is -0.116. The minimum Gasteiger partial charge on any atom is -0.348 e. The monoisotopic (exact) mass is 236 g/mol. The number of nitrogens with one attached hydrogen (secondary N) is 1. The molecule has 89 valence electrons. The van der Waals surface area contributed by atoms with E-state index in [1.165, 1.54) is 0 Å². The summed E-state index contributed by atoms with van der Waals surface area (Å²) in [7, 11) is 0. The van der Waals surface area contributed by atoms with E-state index in [9.17, 15) is 4.79 Å². The average Bonchev–Trinajstić information content (AvgIpc) is 2.45. The van der Waals surface area contributed by atoms with E-state index in [-0.39, 0.29) is 5.91 Å². The van der Waals surface area contributed by atoms with E-state index in [0.29, 0.717) is 6.54 Å². The quantitative estimate of drug-likeness (QED) is 0.813. The Labute approximate surface area is 107 Å². The fourth-order valence-electron chi connectivity index (χ4n) is 1.52. The Bertz CT molecular complexity index is 517. The molecular weight excluding hydrogens is 222 g/mol. The van der Waals surface area contributed by atoms with E-state index < -0.39 is 0 Å². The fraction of sp³-hybridized carbons (Fsp3) is 0.0625. The summed E-state index contributed by atoms with van der Waals surface area (Å²) < 4.78 is 0. The molecule has 0 aliphatic rings. The second-order valence-electron chi connectivity index (χ2n) is 3.87. The summed E-state index contributed by atoms with van der Waals surface area (Å²) in [5.41, 5.74) is 2.08. The molecule has 0 fully saturated rings. The molecule has 2 heteroatoms. The van der Waals surface area contributed by atoms with Crippen molar-refractivity contribution in [2.45, 2.75) is 6.54 Å². The molecule has 2 aromatic carbocycles. The highest BCUT2D eigenvalue weighted by Gasteiger charge is 1.95. The molecule has 0 bridgehead atoms. The van der Waals surface area contributed by atoms with E-state index in [2.05, 4.69) is 11.4 Å². The molecule has 1 radical (unpaired) electrons. The summed E-state index contributed by atoms with van der Waals surface area (Å²) in [6.07, 6.45) is 3.35. The predicted molar refractivity (Wildman–Crippen MR) is 72.6 cm³/mol. The van der Waals surface area contributed by atoms with Crippen LogP contribution in [0, 0.1) is 6.07 Å². The Morgan fingerprint density at radius 3 is 2.56 bits per heavy atom. The molecule has 1 amide bonds. The van der Waals surface area contributed by atoms with Gasteiger partial charge in [-0.3, -0.25) is 4.79 Å². The second-order valence-corrected chi connectivity index (χ2v) is 3.87. The van der Waals surface area contributed by atoms with Crippen LogP contribution in [0.5, 0.6) is 0 Å². The second kappa shape index (κ2) is 6.40. The van der Waals surface area contributed by atoms with Gasteiger partial charge in [-0.2, -0.15) is 0 Å². The largest absolute Gasteiger partial charge is 0.348 e. The highest BCUT2D eigenvalue weighted by molar-refractivity contribution is 5.91. The Morgan fingerprint density at radius 1 is 1.11 bits per heavy atom. The van der Waals surface area contributed by atoms with Gasteiger partial charge in [0.05, 0.1) is 0 Å². The maximum absolute atomic E-state index is 11.6. The van der Waals surface area contributed by atoms with Crippen LogP contribution in [0.3, 0.4) is 0 Å². The van der Waals surface area contributed by atoms with Crippen molar-refractivity contribution in [3.8, 4) is 0 Å². The van der Waals surface area contributed by atoms with Crippen LogP contribution in [0.25, 0.3) is 6.08 Å². The number of benzene rings is 2. The summed E-state index contributed by atoms with van der Waals surface area (Å²) in [6.45, 7) is 0.534. The third-order valence-corrected chi connectivity index (χ3v) is 2.48. The van der Waals surface area contributed by atoms with Crippen molar-refractivity contribution < 1.29 is 4.79 Å². The van der Waals surface area contributed by atoms with Crippen molar-refractivity contribution in [3.05, 3.63) is 77.9 Å². The van der Waals surface area contributed by atoms with Gasteiger partial charge in [-0.25, -0.2) is 0 Å². The lowest BCUT2D eigenvalue weighted by Crippen LogP contribution is -2.20. The summed E-state index contributed by atoms with van der Waals surface area (Å²) in [5.74, 6) is -0.0910. The van der Waals surface area contributed by atoms with Crippen LogP contribution in [0.2, 0.25) is 0 Å². The number of rotatable bonds is 4. The predicted octanol–water partition coefficient (Wildman–Crippen LogP) is 2.82. The Kier molecular flexibility index (Phi) is 4.31. The SMILES string of the molecule is O=C(/C=C/c1ccccc1)NCc1cc[c]cc1. The first-order chi connectivity index (χ1) is 8.84. The summed E-state index contributed by atoms with van der Waals surface area (Å²) in [5, 5.41) is 2.83. The third-order valence-electron chi connectivity index (χ3n) is 2.48. The van der Waals surface area contributed by atoms with Gasteiger partial charge in [-0.1, -0.05) is 54.6 Å². The van der Waals surface area contributed by atoms with Gasteiger partial charge in [0.2, 0.25) is 5.91 Å². The number of amides is 1.